The Labute approximate surface area is 215 Å². The lowest BCUT2D eigenvalue weighted by molar-refractivity contribution is -0.132. The van der Waals surface area contributed by atoms with Gasteiger partial charge in [0, 0.05) is 48.5 Å². The molecule has 0 spiro atoms. The van der Waals surface area contributed by atoms with Crippen LogP contribution in [0, 0.1) is 11.3 Å². The number of pyridine rings is 1. The molecule has 0 unspecified atom stereocenters. The highest BCUT2D eigenvalue weighted by Gasteiger charge is 2.36. The predicted molar refractivity (Wildman–Crippen MR) is 140 cm³/mol. The summed E-state index contributed by atoms with van der Waals surface area (Å²) in [6.45, 7) is 1.66. The number of fused-ring (bicyclic) bond motifs is 1. The molecule has 2 atom stereocenters. The largest absolute Gasteiger partial charge is 0.382 e. The maximum Gasteiger partial charge on any atom is 0.257 e. The fraction of sp³-hybridized carbons (Fsp3) is 0.357. The van der Waals surface area contributed by atoms with Crippen molar-refractivity contribution in [2.75, 3.05) is 36.8 Å². The van der Waals surface area contributed by atoms with Gasteiger partial charge in [-0.25, -0.2) is 4.39 Å². The average molecular weight is 501 g/mol. The van der Waals surface area contributed by atoms with E-state index in [4.69, 9.17) is 0 Å². The highest BCUT2D eigenvalue weighted by Crippen LogP contribution is 2.28. The number of hydrogen-bond acceptors (Lipinski definition) is 6. The molecule has 3 aromatic rings. The Morgan fingerprint density at radius 2 is 1.86 bits per heavy atom. The van der Waals surface area contributed by atoms with Crippen molar-refractivity contribution in [3.8, 4) is 6.07 Å². The van der Waals surface area contributed by atoms with Crippen molar-refractivity contribution in [3.05, 3.63) is 66.4 Å². The number of rotatable bonds is 6. The van der Waals surface area contributed by atoms with Crippen LogP contribution in [0.5, 0.6) is 0 Å². The number of piperidine rings is 1. The van der Waals surface area contributed by atoms with Crippen molar-refractivity contribution in [1.82, 2.24) is 14.8 Å². The molecule has 5 rings (SSSR count). The Morgan fingerprint density at radius 1 is 1.08 bits per heavy atom. The van der Waals surface area contributed by atoms with Gasteiger partial charge in [0.15, 0.2) is 0 Å². The second-order valence-corrected chi connectivity index (χ2v) is 9.60. The number of benzene rings is 2. The standard InChI is InChI=1S/C28H29FN6O2/c29-19-15-22(16-30)35(17-19)26(36)18-34-13-10-21(11-14-34)32-25-9-8-24(27-23(25)7-4-12-31-27)28(37)33-20-5-2-1-3-6-20/h1-9,12,19,21-22,32H,10-11,13-15,17-18H2,(H,33,37)/t19-,22-/m0/s1. The number of likely N-dealkylation sites (tertiary alicyclic amines) is 2. The number of carbonyl (C=O) groups excluding carboxylic acids is 2. The minimum absolute atomic E-state index is 0.00948. The molecule has 1 aromatic heterocycles. The first-order valence-corrected chi connectivity index (χ1v) is 12.6. The van der Waals surface area contributed by atoms with E-state index in [0.717, 1.165) is 42.7 Å². The lowest BCUT2D eigenvalue weighted by Crippen LogP contribution is -2.46. The number of alkyl halides is 1. The van der Waals surface area contributed by atoms with Gasteiger partial charge in [-0.05, 0) is 49.2 Å². The quantitative estimate of drug-likeness (QED) is 0.534. The number of amides is 2. The van der Waals surface area contributed by atoms with Gasteiger partial charge in [0.1, 0.15) is 12.2 Å². The van der Waals surface area contributed by atoms with E-state index in [-0.39, 0.29) is 37.4 Å². The van der Waals surface area contributed by atoms with Crippen molar-refractivity contribution in [1.29, 1.82) is 5.26 Å². The zero-order chi connectivity index (χ0) is 25.8. The van der Waals surface area contributed by atoms with Gasteiger partial charge in [-0.1, -0.05) is 18.2 Å². The Kier molecular flexibility index (Phi) is 7.28. The van der Waals surface area contributed by atoms with Crippen LogP contribution in [0.3, 0.4) is 0 Å². The molecule has 8 nitrogen and oxygen atoms in total. The van der Waals surface area contributed by atoms with Crippen LogP contribution in [0.25, 0.3) is 10.9 Å². The third kappa shape index (κ3) is 5.54. The van der Waals surface area contributed by atoms with Crippen LogP contribution in [0.15, 0.2) is 60.8 Å². The fourth-order valence-corrected chi connectivity index (χ4v) is 5.12. The highest BCUT2D eigenvalue weighted by molar-refractivity contribution is 6.13. The number of aromatic nitrogens is 1. The van der Waals surface area contributed by atoms with Gasteiger partial charge in [-0.15, -0.1) is 0 Å². The minimum atomic E-state index is -1.12. The van der Waals surface area contributed by atoms with Gasteiger partial charge in [-0.2, -0.15) is 5.26 Å². The van der Waals surface area contributed by atoms with E-state index in [1.54, 1.807) is 12.3 Å². The highest BCUT2D eigenvalue weighted by atomic mass is 19.1. The molecule has 0 saturated carbocycles. The van der Waals surface area contributed by atoms with Crippen LogP contribution in [-0.2, 0) is 4.79 Å². The number of carbonyl (C=O) groups is 2. The van der Waals surface area contributed by atoms with Crippen LogP contribution in [0.4, 0.5) is 15.8 Å². The second kappa shape index (κ2) is 10.9. The molecule has 3 heterocycles. The molecule has 2 amide bonds. The van der Waals surface area contributed by atoms with Gasteiger partial charge >= 0.3 is 0 Å². The molecular formula is C28H29FN6O2. The minimum Gasteiger partial charge on any atom is -0.382 e. The van der Waals surface area contributed by atoms with E-state index in [0.29, 0.717) is 11.1 Å². The molecule has 2 aliphatic rings. The summed E-state index contributed by atoms with van der Waals surface area (Å²) < 4.78 is 13.7. The lowest BCUT2D eigenvalue weighted by Gasteiger charge is -2.33. The summed E-state index contributed by atoms with van der Waals surface area (Å²) in [5.41, 5.74) is 2.78. The third-order valence-electron chi connectivity index (χ3n) is 7.07. The number of anilines is 2. The zero-order valence-corrected chi connectivity index (χ0v) is 20.4. The second-order valence-electron chi connectivity index (χ2n) is 9.60. The molecule has 2 fully saturated rings. The summed E-state index contributed by atoms with van der Waals surface area (Å²) in [6, 6.07) is 18.4. The molecular weight excluding hydrogens is 471 g/mol. The summed E-state index contributed by atoms with van der Waals surface area (Å²) in [7, 11) is 0. The van der Waals surface area contributed by atoms with E-state index in [1.807, 2.05) is 54.6 Å². The zero-order valence-electron chi connectivity index (χ0n) is 20.4. The van der Waals surface area contributed by atoms with E-state index in [1.165, 1.54) is 4.90 Å². The molecule has 2 saturated heterocycles. The topological polar surface area (TPSA) is 101 Å². The molecule has 0 bridgehead atoms. The summed E-state index contributed by atoms with van der Waals surface area (Å²) in [5.74, 6) is -0.394. The number of para-hydroxylation sites is 1. The smallest absolute Gasteiger partial charge is 0.257 e. The van der Waals surface area contributed by atoms with E-state index < -0.39 is 12.2 Å². The summed E-state index contributed by atoms with van der Waals surface area (Å²) in [5, 5.41) is 16.6. The van der Waals surface area contributed by atoms with Crippen LogP contribution >= 0.6 is 0 Å². The molecule has 9 heteroatoms. The van der Waals surface area contributed by atoms with Crippen LogP contribution in [0.2, 0.25) is 0 Å². The van der Waals surface area contributed by atoms with Crippen LogP contribution in [0.1, 0.15) is 29.6 Å². The first-order valence-electron chi connectivity index (χ1n) is 12.6. The predicted octanol–water partition coefficient (Wildman–Crippen LogP) is 3.83. The molecule has 2 aromatic carbocycles. The Hall–Kier alpha value is -4.03. The molecule has 0 radical (unpaired) electrons. The van der Waals surface area contributed by atoms with Crippen LogP contribution < -0.4 is 10.6 Å². The number of nitrogens with zero attached hydrogens (tertiary/aromatic N) is 4. The fourth-order valence-electron chi connectivity index (χ4n) is 5.12. The summed E-state index contributed by atoms with van der Waals surface area (Å²) in [6.07, 6.45) is 2.33. The van der Waals surface area contributed by atoms with Crippen molar-refractivity contribution in [3.63, 3.8) is 0 Å². The Morgan fingerprint density at radius 3 is 2.62 bits per heavy atom. The van der Waals surface area contributed by atoms with Crippen molar-refractivity contribution in [2.45, 2.75) is 37.5 Å². The summed E-state index contributed by atoms with van der Waals surface area (Å²) >= 11 is 0. The Bertz CT molecular complexity index is 1320. The van der Waals surface area contributed by atoms with Gasteiger partial charge in [0.2, 0.25) is 5.91 Å². The monoisotopic (exact) mass is 500 g/mol. The molecule has 2 N–H and O–H groups in total. The molecule has 37 heavy (non-hydrogen) atoms. The van der Waals surface area contributed by atoms with Gasteiger partial charge in [0.05, 0.1) is 30.2 Å². The molecule has 0 aliphatic carbocycles. The van der Waals surface area contributed by atoms with Gasteiger partial charge in [0.25, 0.3) is 5.91 Å². The van der Waals surface area contributed by atoms with Crippen molar-refractivity contribution >= 4 is 34.1 Å². The number of hydrogen-bond donors (Lipinski definition) is 2. The average Bonchev–Trinajstić information content (AvgIpc) is 3.31. The molecule has 2 aliphatic heterocycles. The van der Waals surface area contributed by atoms with Gasteiger partial charge in [-0.3, -0.25) is 19.5 Å². The number of nitrogens with one attached hydrogen (secondary N) is 2. The summed E-state index contributed by atoms with van der Waals surface area (Å²) in [4.78, 5) is 33.6. The SMILES string of the molecule is N#C[C@@H]1C[C@H](F)CN1C(=O)CN1CCC(Nc2ccc(C(=O)Nc3ccccc3)c3ncccc23)CC1. The van der Waals surface area contributed by atoms with Gasteiger partial charge < -0.3 is 15.5 Å². The third-order valence-corrected chi connectivity index (χ3v) is 7.07. The number of nitriles is 1. The maximum atomic E-state index is 13.7. The first kappa shape index (κ1) is 24.7. The molecule has 190 valence electrons. The lowest BCUT2D eigenvalue weighted by atomic mass is 10.0. The van der Waals surface area contributed by atoms with E-state index in [2.05, 4.69) is 20.5 Å². The maximum absolute atomic E-state index is 13.7. The number of halogens is 1. The normalized spacial score (nSPS) is 20.5. The van der Waals surface area contributed by atoms with Crippen molar-refractivity contribution < 1.29 is 14.0 Å². The van der Waals surface area contributed by atoms with Crippen molar-refractivity contribution in [2.24, 2.45) is 0 Å². The van der Waals surface area contributed by atoms with Crippen LogP contribution in [-0.4, -0.2) is 71.0 Å². The Balaban J connectivity index is 1.21. The first-order chi connectivity index (χ1) is 18.0. The van der Waals surface area contributed by atoms with E-state index >= 15 is 0 Å². The van der Waals surface area contributed by atoms with E-state index in [9.17, 15) is 19.2 Å².